The number of amides is 1. The van der Waals surface area contributed by atoms with Gasteiger partial charge in [0.25, 0.3) is 5.91 Å². The summed E-state index contributed by atoms with van der Waals surface area (Å²) >= 11 is 1.75. The Balaban J connectivity index is 1.27. The van der Waals surface area contributed by atoms with Crippen molar-refractivity contribution in [2.45, 2.75) is 64.0 Å². The number of nitrogens with zero attached hydrogens (tertiary/aromatic N) is 1. The summed E-state index contributed by atoms with van der Waals surface area (Å²) in [7, 11) is 1.66. The number of hydrogen-bond donors (Lipinski definition) is 1. The summed E-state index contributed by atoms with van der Waals surface area (Å²) in [4.78, 5) is 31.7. The van der Waals surface area contributed by atoms with E-state index in [4.69, 9.17) is 4.74 Å². The average Bonchev–Trinajstić information content (AvgIpc) is 3.70. The van der Waals surface area contributed by atoms with Gasteiger partial charge in [-0.05, 0) is 98.9 Å². The number of hydrogen-bond acceptors (Lipinski definition) is 5. The molecule has 0 saturated carbocycles. The van der Waals surface area contributed by atoms with Gasteiger partial charge in [0.1, 0.15) is 5.75 Å². The molecule has 0 bridgehead atoms. The Kier molecular flexibility index (Phi) is 10.4. The highest BCUT2D eigenvalue weighted by atomic mass is 32.1. The number of ketones is 1. The molecule has 6 heteroatoms. The van der Waals surface area contributed by atoms with E-state index >= 15 is 0 Å². The quantitative estimate of drug-likeness (QED) is 0.160. The second-order valence-corrected chi connectivity index (χ2v) is 12.9. The highest BCUT2D eigenvalue weighted by Crippen LogP contribution is 2.37. The Labute approximate surface area is 259 Å². The molecular formula is C37H41NO4S. The molecule has 1 amide bonds. The molecule has 2 heterocycles. The van der Waals surface area contributed by atoms with Crippen LogP contribution in [0.5, 0.6) is 5.75 Å². The van der Waals surface area contributed by atoms with Crippen LogP contribution in [0.2, 0.25) is 0 Å². The number of aliphatic hydroxyl groups excluding tert-OH is 1. The van der Waals surface area contributed by atoms with Crippen LogP contribution in [0, 0.1) is 12.8 Å². The molecule has 43 heavy (non-hydrogen) atoms. The first-order valence-corrected chi connectivity index (χ1v) is 16.1. The fourth-order valence-corrected chi connectivity index (χ4v) is 7.15. The van der Waals surface area contributed by atoms with Crippen molar-refractivity contribution in [2.24, 2.45) is 5.92 Å². The lowest BCUT2D eigenvalue weighted by molar-refractivity contribution is 0.0736. The minimum Gasteiger partial charge on any atom is -0.497 e. The van der Waals surface area contributed by atoms with Crippen molar-refractivity contribution < 1.29 is 19.4 Å². The van der Waals surface area contributed by atoms with Gasteiger partial charge in [-0.1, -0.05) is 54.6 Å². The maximum atomic E-state index is 13.7. The number of thiophene rings is 1. The van der Waals surface area contributed by atoms with E-state index in [2.05, 4.69) is 25.1 Å². The molecule has 1 fully saturated rings. The lowest BCUT2D eigenvalue weighted by Gasteiger charge is -2.24. The Hall–Kier alpha value is -3.74. The number of rotatable bonds is 13. The van der Waals surface area contributed by atoms with Gasteiger partial charge in [0.15, 0.2) is 5.78 Å². The summed E-state index contributed by atoms with van der Waals surface area (Å²) in [5.74, 6) is 0.522. The van der Waals surface area contributed by atoms with Crippen LogP contribution < -0.4 is 4.74 Å². The van der Waals surface area contributed by atoms with E-state index < -0.39 is 6.10 Å². The predicted octanol–water partition coefficient (Wildman–Crippen LogP) is 7.86. The van der Waals surface area contributed by atoms with Crippen molar-refractivity contribution in [1.82, 2.24) is 4.90 Å². The van der Waals surface area contributed by atoms with E-state index in [1.165, 1.54) is 9.75 Å². The standard InChI is InChI=1S/C37H41NO4S/c1-26-19-20-36(43-26)33-17-9-21-38(33)37(41)30-15-8-14-29(24-30)35(40)25-31(22-27-10-4-3-5-11-27)34(39)18-7-13-28-12-6-16-32(23-28)42-2/h3-6,8,10-12,14-16,19-20,23-24,31,33-34,39H,7,9,13,17-18,21-22,25H2,1-2H3/t31-,33?,34-/m1/s1. The van der Waals surface area contributed by atoms with Crippen molar-refractivity contribution in [1.29, 1.82) is 0 Å². The number of benzene rings is 3. The normalized spacial score (nSPS) is 16.2. The van der Waals surface area contributed by atoms with Crippen LogP contribution in [0.25, 0.3) is 0 Å². The predicted molar refractivity (Wildman–Crippen MR) is 173 cm³/mol. The van der Waals surface area contributed by atoms with E-state index in [1.54, 1.807) is 36.6 Å². The third-order valence-electron chi connectivity index (χ3n) is 8.47. The van der Waals surface area contributed by atoms with Gasteiger partial charge in [-0.2, -0.15) is 0 Å². The van der Waals surface area contributed by atoms with Crippen LogP contribution in [0.4, 0.5) is 0 Å². The van der Waals surface area contributed by atoms with Crippen LogP contribution in [0.1, 0.15) is 79.7 Å². The monoisotopic (exact) mass is 595 g/mol. The number of aliphatic hydroxyl groups is 1. The van der Waals surface area contributed by atoms with E-state index in [0.717, 1.165) is 49.1 Å². The maximum absolute atomic E-state index is 13.7. The molecule has 0 aliphatic carbocycles. The Morgan fingerprint density at radius 1 is 0.953 bits per heavy atom. The van der Waals surface area contributed by atoms with Gasteiger partial charge >= 0.3 is 0 Å². The average molecular weight is 596 g/mol. The highest BCUT2D eigenvalue weighted by Gasteiger charge is 2.32. The van der Waals surface area contributed by atoms with E-state index in [1.807, 2.05) is 59.5 Å². The molecule has 0 spiro atoms. The SMILES string of the molecule is COc1cccc(CCC[C@@H](O)[C@@H](CC(=O)c2cccc(C(=O)N3CCCC3c3ccc(C)s3)c2)Cc2ccccc2)c1. The zero-order chi connectivity index (χ0) is 30.2. The summed E-state index contributed by atoms with van der Waals surface area (Å²) in [6.07, 6.45) is 4.36. The lowest BCUT2D eigenvalue weighted by Crippen LogP contribution is -2.30. The second kappa shape index (κ2) is 14.6. The topological polar surface area (TPSA) is 66.8 Å². The van der Waals surface area contributed by atoms with Gasteiger partial charge in [-0.25, -0.2) is 0 Å². The smallest absolute Gasteiger partial charge is 0.254 e. The Morgan fingerprint density at radius 2 is 1.72 bits per heavy atom. The van der Waals surface area contributed by atoms with Gasteiger partial charge in [-0.3, -0.25) is 9.59 Å². The highest BCUT2D eigenvalue weighted by molar-refractivity contribution is 7.12. The van der Waals surface area contributed by atoms with Gasteiger partial charge in [-0.15, -0.1) is 11.3 Å². The van der Waals surface area contributed by atoms with Gasteiger partial charge in [0, 0.05) is 33.8 Å². The van der Waals surface area contributed by atoms with Crippen LogP contribution >= 0.6 is 11.3 Å². The van der Waals surface area contributed by atoms with E-state index in [0.29, 0.717) is 24.0 Å². The summed E-state index contributed by atoms with van der Waals surface area (Å²) in [6, 6.07) is 29.5. The van der Waals surface area contributed by atoms with Gasteiger partial charge in [0.2, 0.25) is 0 Å². The Morgan fingerprint density at radius 3 is 2.49 bits per heavy atom. The third kappa shape index (κ3) is 8.01. The summed E-state index contributed by atoms with van der Waals surface area (Å²) < 4.78 is 5.34. The minimum absolute atomic E-state index is 0.0263. The van der Waals surface area contributed by atoms with Crippen LogP contribution in [0.15, 0.2) is 91.0 Å². The van der Waals surface area contributed by atoms with Crippen LogP contribution in [-0.2, 0) is 12.8 Å². The first-order valence-electron chi connectivity index (χ1n) is 15.3. The van der Waals surface area contributed by atoms with Crippen molar-refractivity contribution in [2.75, 3.05) is 13.7 Å². The van der Waals surface area contributed by atoms with Crippen molar-refractivity contribution in [3.63, 3.8) is 0 Å². The molecule has 0 radical (unpaired) electrons. The van der Waals surface area contributed by atoms with E-state index in [-0.39, 0.29) is 30.1 Å². The summed E-state index contributed by atoms with van der Waals surface area (Å²) in [5, 5.41) is 11.3. The molecule has 1 saturated heterocycles. The molecule has 3 atom stereocenters. The molecule has 1 aromatic heterocycles. The summed E-state index contributed by atoms with van der Waals surface area (Å²) in [5.41, 5.74) is 3.33. The molecule has 5 rings (SSSR count). The zero-order valence-corrected chi connectivity index (χ0v) is 25.9. The van der Waals surface area contributed by atoms with Crippen molar-refractivity contribution >= 4 is 23.0 Å². The molecule has 1 aliphatic rings. The van der Waals surface area contributed by atoms with Gasteiger partial charge in [0.05, 0.1) is 19.3 Å². The number of likely N-dealkylation sites (tertiary alicyclic amines) is 1. The lowest BCUT2D eigenvalue weighted by atomic mass is 9.85. The van der Waals surface area contributed by atoms with Crippen LogP contribution in [0.3, 0.4) is 0 Å². The number of carbonyl (C=O) groups excluding carboxylic acids is 2. The van der Waals surface area contributed by atoms with Crippen LogP contribution in [-0.4, -0.2) is 41.5 Å². The number of ether oxygens (including phenoxy) is 1. The molecule has 1 N–H and O–H groups in total. The maximum Gasteiger partial charge on any atom is 0.254 e. The molecule has 1 aliphatic heterocycles. The fraction of sp³-hybridized carbons (Fsp3) is 0.351. The third-order valence-corrected chi connectivity index (χ3v) is 9.57. The minimum atomic E-state index is -0.626. The van der Waals surface area contributed by atoms with Crippen molar-refractivity contribution in [3.8, 4) is 5.75 Å². The number of methoxy groups -OCH3 is 1. The van der Waals surface area contributed by atoms with Crippen molar-refractivity contribution in [3.05, 3.63) is 123 Å². The molecule has 3 aromatic carbocycles. The molecule has 5 nitrogen and oxygen atoms in total. The molecule has 1 unspecified atom stereocenters. The summed E-state index contributed by atoms with van der Waals surface area (Å²) in [6.45, 7) is 2.81. The number of carbonyl (C=O) groups is 2. The fourth-order valence-electron chi connectivity index (χ4n) is 6.13. The molecule has 4 aromatic rings. The van der Waals surface area contributed by atoms with E-state index in [9.17, 15) is 14.7 Å². The first kappa shape index (κ1) is 30.7. The molecule has 224 valence electrons. The largest absolute Gasteiger partial charge is 0.497 e. The number of aryl methyl sites for hydroxylation is 2. The Bertz CT molecular complexity index is 1510. The second-order valence-electron chi connectivity index (χ2n) is 11.6. The number of Topliss-reactive ketones (excluding diaryl/α,β-unsaturated/α-hetero) is 1. The zero-order valence-electron chi connectivity index (χ0n) is 25.1. The first-order chi connectivity index (χ1) is 20.9. The van der Waals surface area contributed by atoms with Gasteiger partial charge < -0.3 is 14.7 Å². The molecular weight excluding hydrogens is 554 g/mol.